The molecular formula is C30H25F2N5O3. The molecule has 5 rings (SSSR count). The van der Waals surface area contributed by atoms with E-state index in [-0.39, 0.29) is 24.6 Å². The number of halogens is 2. The molecule has 2 N–H and O–H groups in total. The van der Waals surface area contributed by atoms with Crippen molar-refractivity contribution in [2.45, 2.75) is 13.1 Å². The molecule has 0 fully saturated rings. The fourth-order valence-corrected chi connectivity index (χ4v) is 4.41. The van der Waals surface area contributed by atoms with Crippen molar-refractivity contribution >= 4 is 22.8 Å². The topological polar surface area (TPSA) is 100 Å². The minimum absolute atomic E-state index is 0.0134. The Hall–Kier alpha value is -5.12. The van der Waals surface area contributed by atoms with Crippen LogP contribution in [0.2, 0.25) is 0 Å². The van der Waals surface area contributed by atoms with Gasteiger partial charge in [0.1, 0.15) is 11.2 Å². The first-order valence-electron chi connectivity index (χ1n) is 12.4. The zero-order valence-corrected chi connectivity index (χ0v) is 21.7. The van der Waals surface area contributed by atoms with Gasteiger partial charge >= 0.3 is 0 Å². The van der Waals surface area contributed by atoms with Gasteiger partial charge in [0, 0.05) is 50.2 Å². The van der Waals surface area contributed by atoms with Crippen molar-refractivity contribution in [1.82, 2.24) is 24.8 Å². The zero-order valence-electron chi connectivity index (χ0n) is 21.7. The maximum atomic E-state index is 13.6. The van der Waals surface area contributed by atoms with Gasteiger partial charge in [-0.3, -0.25) is 14.4 Å². The second-order valence-corrected chi connectivity index (χ2v) is 9.51. The van der Waals surface area contributed by atoms with Crippen molar-refractivity contribution in [3.8, 4) is 11.1 Å². The van der Waals surface area contributed by atoms with Gasteiger partial charge in [-0.2, -0.15) is 0 Å². The van der Waals surface area contributed by atoms with Gasteiger partial charge in [-0.15, -0.1) is 0 Å². The highest BCUT2D eigenvalue weighted by Gasteiger charge is 2.15. The summed E-state index contributed by atoms with van der Waals surface area (Å²) in [5, 5.41) is 3.57. The van der Waals surface area contributed by atoms with E-state index in [1.165, 1.54) is 34.0 Å². The van der Waals surface area contributed by atoms with Crippen LogP contribution in [0.15, 0.2) is 84.0 Å². The third-order valence-electron chi connectivity index (χ3n) is 6.48. The molecule has 0 unspecified atom stereocenters. The number of amides is 2. The molecule has 0 atom stereocenters. The minimum atomic E-state index is -1.01. The van der Waals surface area contributed by atoms with Crippen LogP contribution < -0.4 is 10.9 Å². The molecule has 40 heavy (non-hydrogen) atoms. The van der Waals surface area contributed by atoms with Crippen LogP contribution in [-0.2, 0) is 13.1 Å². The third kappa shape index (κ3) is 5.37. The summed E-state index contributed by atoms with van der Waals surface area (Å²) in [5.74, 6) is -2.69. The van der Waals surface area contributed by atoms with Gasteiger partial charge in [-0.05, 0) is 53.1 Å². The molecule has 0 bridgehead atoms. The number of aromatic amines is 1. The monoisotopic (exact) mass is 541 g/mol. The Morgan fingerprint density at radius 3 is 2.60 bits per heavy atom. The first kappa shape index (κ1) is 26.5. The lowest BCUT2D eigenvalue weighted by molar-refractivity contribution is 0.0827. The Labute approximate surface area is 227 Å². The van der Waals surface area contributed by atoms with Crippen LogP contribution in [0.1, 0.15) is 31.8 Å². The lowest BCUT2D eigenvalue weighted by Gasteiger charge is -2.11. The number of carbonyl (C=O) groups excluding carboxylic acids is 2. The van der Waals surface area contributed by atoms with E-state index in [1.807, 2.05) is 30.5 Å². The number of H-pyrrole nitrogens is 1. The average molecular weight is 542 g/mol. The van der Waals surface area contributed by atoms with E-state index in [2.05, 4.69) is 15.3 Å². The summed E-state index contributed by atoms with van der Waals surface area (Å²) < 4.78 is 28.1. The maximum absolute atomic E-state index is 13.6. The Morgan fingerprint density at radius 1 is 1.00 bits per heavy atom. The van der Waals surface area contributed by atoms with Crippen molar-refractivity contribution in [2.24, 2.45) is 0 Å². The Bertz CT molecular complexity index is 1810. The lowest BCUT2D eigenvalue weighted by Crippen LogP contribution is -2.32. The standard InChI is InChI=1S/C30H25F2N5O3/c1-36(2)29(39)21-13-23-24(16-34-27(23)33-15-21)20-6-3-5-18(11-20)14-35-28(38)22-7-4-10-37(30(22)40)17-19-8-9-25(31)26(32)12-19/h3-13,15-16H,14,17H2,1-2H3,(H,33,34)(H,35,38). The fourth-order valence-electron chi connectivity index (χ4n) is 4.41. The number of aromatic nitrogens is 3. The van der Waals surface area contributed by atoms with E-state index < -0.39 is 23.1 Å². The molecule has 202 valence electrons. The number of hydrogen-bond acceptors (Lipinski definition) is 4. The lowest BCUT2D eigenvalue weighted by atomic mass is 10.0. The van der Waals surface area contributed by atoms with Crippen molar-refractivity contribution in [1.29, 1.82) is 0 Å². The molecule has 10 heteroatoms. The van der Waals surface area contributed by atoms with Crippen LogP contribution in [0.5, 0.6) is 0 Å². The predicted molar refractivity (Wildman–Crippen MR) is 147 cm³/mol. The van der Waals surface area contributed by atoms with Gasteiger partial charge < -0.3 is 19.8 Å². The van der Waals surface area contributed by atoms with Crippen LogP contribution in [-0.4, -0.2) is 45.3 Å². The molecule has 0 saturated heterocycles. The summed E-state index contributed by atoms with van der Waals surface area (Å²) >= 11 is 0. The summed E-state index contributed by atoms with van der Waals surface area (Å²) in [6, 6.07) is 15.7. The van der Waals surface area contributed by atoms with Gasteiger partial charge in [-0.25, -0.2) is 13.8 Å². The number of nitrogens with one attached hydrogen (secondary N) is 2. The highest BCUT2D eigenvalue weighted by molar-refractivity contribution is 6.01. The van der Waals surface area contributed by atoms with E-state index in [0.717, 1.165) is 34.2 Å². The number of carbonyl (C=O) groups is 2. The van der Waals surface area contributed by atoms with E-state index >= 15 is 0 Å². The highest BCUT2D eigenvalue weighted by Crippen LogP contribution is 2.29. The number of nitrogens with zero attached hydrogens (tertiary/aromatic N) is 3. The summed E-state index contributed by atoms with van der Waals surface area (Å²) in [4.78, 5) is 47.2. The smallest absolute Gasteiger partial charge is 0.263 e. The quantitative estimate of drug-likeness (QED) is 0.320. The first-order chi connectivity index (χ1) is 19.2. The second kappa shape index (κ2) is 10.9. The largest absolute Gasteiger partial charge is 0.348 e. The maximum Gasteiger partial charge on any atom is 0.263 e. The van der Waals surface area contributed by atoms with E-state index in [0.29, 0.717) is 16.8 Å². The van der Waals surface area contributed by atoms with Crippen LogP contribution >= 0.6 is 0 Å². The second-order valence-electron chi connectivity index (χ2n) is 9.51. The van der Waals surface area contributed by atoms with Gasteiger partial charge in [-0.1, -0.05) is 24.3 Å². The van der Waals surface area contributed by atoms with Gasteiger partial charge in [0.05, 0.1) is 12.1 Å². The molecule has 8 nitrogen and oxygen atoms in total. The zero-order chi connectivity index (χ0) is 28.4. The van der Waals surface area contributed by atoms with Crippen LogP contribution in [0, 0.1) is 11.6 Å². The molecule has 0 aliphatic heterocycles. The molecule has 2 aromatic carbocycles. The van der Waals surface area contributed by atoms with E-state index in [9.17, 15) is 23.2 Å². The fraction of sp³-hybridized carbons (Fsp3) is 0.133. The summed E-state index contributed by atoms with van der Waals surface area (Å²) in [5.41, 5.74) is 3.41. The molecule has 2 amide bonds. The SMILES string of the molecule is CN(C)C(=O)c1cnc2[nH]cc(-c3cccc(CNC(=O)c4cccn(Cc5ccc(F)c(F)c5)c4=O)c3)c2c1. The molecule has 3 aromatic heterocycles. The van der Waals surface area contributed by atoms with E-state index in [4.69, 9.17) is 0 Å². The molecule has 0 aliphatic carbocycles. The third-order valence-corrected chi connectivity index (χ3v) is 6.48. The van der Waals surface area contributed by atoms with Crippen molar-refractivity contribution in [3.63, 3.8) is 0 Å². The number of rotatable bonds is 7. The van der Waals surface area contributed by atoms with Crippen molar-refractivity contribution in [2.75, 3.05) is 14.1 Å². The van der Waals surface area contributed by atoms with Crippen molar-refractivity contribution in [3.05, 3.63) is 123 Å². The molecule has 0 aliphatic rings. The first-order valence-corrected chi connectivity index (χ1v) is 12.4. The number of benzene rings is 2. The van der Waals surface area contributed by atoms with Crippen LogP contribution in [0.25, 0.3) is 22.2 Å². The molecule has 0 spiro atoms. The summed E-state index contributed by atoms with van der Waals surface area (Å²) in [7, 11) is 3.36. The van der Waals surface area contributed by atoms with Crippen LogP contribution in [0.4, 0.5) is 8.78 Å². The number of pyridine rings is 2. The summed E-state index contributed by atoms with van der Waals surface area (Å²) in [6.45, 7) is 0.148. The molecule has 0 saturated carbocycles. The van der Waals surface area contributed by atoms with Crippen LogP contribution in [0.3, 0.4) is 0 Å². The highest BCUT2D eigenvalue weighted by atomic mass is 19.2. The molecule has 3 heterocycles. The summed E-state index contributed by atoms with van der Waals surface area (Å²) in [6.07, 6.45) is 4.84. The molecule has 5 aromatic rings. The molecule has 0 radical (unpaired) electrons. The average Bonchev–Trinajstić information content (AvgIpc) is 3.38. The van der Waals surface area contributed by atoms with Crippen molar-refractivity contribution < 1.29 is 18.4 Å². The Kier molecular flexibility index (Phi) is 7.24. The Morgan fingerprint density at radius 2 is 1.82 bits per heavy atom. The minimum Gasteiger partial charge on any atom is -0.348 e. The Balaban J connectivity index is 1.33. The van der Waals surface area contributed by atoms with Gasteiger partial charge in [0.2, 0.25) is 0 Å². The predicted octanol–water partition coefficient (Wildman–Crippen LogP) is 4.35. The normalized spacial score (nSPS) is 11.0. The number of fused-ring (bicyclic) bond motifs is 1. The van der Waals surface area contributed by atoms with Gasteiger partial charge in [0.25, 0.3) is 17.4 Å². The van der Waals surface area contributed by atoms with E-state index in [1.54, 1.807) is 26.2 Å². The molecular weight excluding hydrogens is 516 g/mol. The number of hydrogen-bond donors (Lipinski definition) is 2. The van der Waals surface area contributed by atoms with Gasteiger partial charge in [0.15, 0.2) is 11.6 Å².